The highest BCUT2D eigenvalue weighted by Gasteiger charge is 2.90. The number of rotatable bonds is 14. The van der Waals surface area contributed by atoms with Crippen LogP contribution in [-0.2, 0) is 71.1 Å². The molecule has 95 heavy (non-hydrogen) atoms. The van der Waals surface area contributed by atoms with Crippen LogP contribution < -0.4 is 0 Å². The zero-order chi connectivity index (χ0) is 68.7. The van der Waals surface area contributed by atoms with Gasteiger partial charge in [0, 0.05) is 11.3 Å². The molecular weight excluding hydrogens is 1270 g/mol. The van der Waals surface area contributed by atoms with Gasteiger partial charge in [0.25, 0.3) is 0 Å². The normalized spacial score (nSPS) is 58.6. The van der Waals surface area contributed by atoms with Crippen LogP contribution >= 0.6 is 0 Å². The quantitative estimate of drug-likeness (QED) is 0.0437. The van der Waals surface area contributed by atoms with Gasteiger partial charge in [0.1, 0.15) is 128 Å². The lowest BCUT2D eigenvalue weighted by molar-refractivity contribution is -0.408. The minimum absolute atomic E-state index is 0.152. The van der Waals surface area contributed by atoms with Crippen molar-refractivity contribution in [3.8, 4) is 0 Å². The Kier molecular flexibility index (Phi) is 19.1. The van der Waals surface area contributed by atoms with Gasteiger partial charge < -0.3 is 153 Å². The maximum Gasteiger partial charge on any atom is 0.313 e. The highest BCUT2D eigenvalue weighted by Crippen LogP contribution is 2.84. The third-order valence-electron chi connectivity index (χ3n) is 25.8. The van der Waals surface area contributed by atoms with Gasteiger partial charge in [-0.05, 0) is 85.4 Å². The number of aliphatic hydroxyl groups is 17. The summed E-state index contributed by atoms with van der Waals surface area (Å²) in [5.74, 6) is -0.865. The van der Waals surface area contributed by atoms with Gasteiger partial charge in [0.15, 0.2) is 43.3 Å². The highest BCUT2D eigenvalue weighted by atomic mass is 16.8. The summed E-state index contributed by atoms with van der Waals surface area (Å²) < 4.78 is 87.3. The summed E-state index contributed by atoms with van der Waals surface area (Å²) in [7, 11) is 0. The van der Waals surface area contributed by atoms with E-state index in [0.717, 1.165) is 0 Å². The van der Waals surface area contributed by atoms with Crippen molar-refractivity contribution in [1.82, 2.24) is 0 Å². The molecule has 8 saturated heterocycles. The second-order valence-corrected chi connectivity index (χ2v) is 31.7. The number of carbonyl (C=O) groups excluding carboxylic acids is 1. The van der Waals surface area contributed by atoms with Gasteiger partial charge >= 0.3 is 5.97 Å². The molecule has 0 radical (unpaired) electrons. The molecule has 2 bridgehead atoms. The Balaban J connectivity index is 0.811. The van der Waals surface area contributed by atoms with Crippen LogP contribution in [0.15, 0.2) is 0 Å². The molecule has 13 rings (SSSR count). The monoisotopic (exact) mass is 1370 g/mol. The summed E-state index contributed by atoms with van der Waals surface area (Å²) in [6, 6.07) is 0. The smallest absolute Gasteiger partial charge is 0.313 e. The summed E-state index contributed by atoms with van der Waals surface area (Å²) in [6.45, 7) is 12.4. The van der Waals surface area contributed by atoms with Crippen molar-refractivity contribution in [2.24, 2.45) is 50.2 Å². The van der Waals surface area contributed by atoms with Crippen molar-refractivity contribution >= 4 is 5.97 Å². The van der Waals surface area contributed by atoms with Crippen molar-refractivity contribution in [3.63, 3.8) is 0 Å². The molecule has 1 spiro atoms. The first-order chi connectivity index (χ1) is 44.6. The second-order valence-electron chi connectivity index (χ2n) is 31.7. The molecule has 17 N–H and O–H groups in total. The van der Waals surface area contributed by atoms with Gasteiger partial charge in [-0.1, -0.05) is 48.5 Å². The molecule has 0 aromatic carbocycles. The molecule has 544 valence electrons. The number of fused-ring (bicyclic) bond motifs is 6. The van der Waals surface area contributed by atoms with E-state index in [1.807, 2.05) is 27.7 Å². The molecule has 0 aromatic rings. The molecule has 13 fully saturated rings. The Labute approximate surface area is 548 Å². The molecule has 0 aromatic heterocycles. The predicted octanol–water partition coefficient (Wildman–Crippen LogP) is -6.27. The van der Waals surface area contributed by atoms with Gasteiger partial charge in [-0.15, -0.1) is 0 Å². The summed E-state index contributed by atoms with van der Waals surface area (Å²) in [6.07, 6.45) is -49.7. The van der Waals surface area contributed by atoms with E-state index in [2.05, 4.69) is 20.8 Å². The minimum atomic E-state index is -2.22. The predicted molar refractivity (Wildman–Crippen MR) is 309 cm³/mol. The topological polar surface area (TPSA) is 494 Å². The number of esters is 1. The van der Waals surface area contributed by atoms with E-state index in [1.165, 1.54) is 6.92 Å². The fourth-order valence-corrected chi connectivity index (χ4v) is 20.3. The first-order valence-electron chi connectivity index (χ1n) is 33.6. The fraction of sp³-hybridized carbons (Fsp3) is 0.984. The van der Waals surface area contributed by atoms with Gasteiger partial charge in [0.2, 0.25) is 0 Å². The van der Waals surface area contributed by atoms with Gasteiger partial charge in [-0.25, -0.2) is 0 Å². The Bertz CT molecular complexity index is 2750. The van der Waals surface area contributed by atoms with Crippen molar-refractivity contribution in [2.75, 3.05) is 33.0 Å². The first-order valence-corrected chi connectivity index (χ1v) is 33.6. The van der Waals surface area contributed by atoms with E-state index in [9.17, 15) is 91.6 Å². The van der Waals surface area contributed by atoms with Crippen LogP contribution in [0.5, 0.6) is 0 Å². The number of hydrogen-bond donors (Lipinski definition) is 17. The van der Waals surface area contributed by atoms with Gasteiger partial charge in [0.05, 0.1) is 69.0 Å². The van der Waals surface area contributed by atoms with Crippen LogP contribution in [0.25, 0.3) is 0 Å². The summed E-state index contributed by atoms with van der Waals surface area (Å²) in [5.41, 5.74) is -5.03. The summed E-state index contributed by atoms with van der Waals surface area (Å²) in [5, 5.41) is 191. The van der Waals surface area contributed by atoms with Crippen LogP contribution in [0.1, 0.15) is 100 Å². The number of carbonyl (C=O) groups is 1. The third kappa shape index (κ3) is 10.9. The van der Waals surface area contributed by atoms with Crippen LogP contribution in [0, 0.1) is 50.2 Å². The molecule has 13 aliphatic rings. The Morgan fingerprint density at radius 1 is 0.474 bits per heavy atom. The molecule has 0 amide bonds. The van der Waals surface area contributed by atoms with Crippen LogP contribution in [0.4, 0.5) is 0 Å². The maximum atomic E-state index is 14.5. The fourth-order valence-electron chi connectivity index (χ4n) is 20.3. The van der Waals surface area contributed by atoms with E-state index in [4.69, 9.17) is 66.3 Å². The van der Waals surface area contributed by atoms with E-state index < -0.39 is 261 Å². The largest absolute Gasteiger partial charge is 0.455 e. The summed E-state index contributed by atoms with van der Waals surface area (Å²) >= 11 is 0. The molecule has 40 atom stereocenters. The molecule has 8 heterocycles. The number of aliphatic hydroxyl groups excluding tert-OH is 17. The molecule has 0 unspecified atom stereocenters. The Hall–Kier alpha value is -1.73. The van der Waals surface area contributed by atoms with Crippen LogP contribution in [0.2, 0.25) is 0 Å². The Morgan fingerprint density at radius 2 is 1.03 bits per heavy atom. The van der Waals surface area contributed by atoms with Gasteiger partial charge in [-0.2, -0.15) is 0 Å². The van der Waals surface area contributed by atoms with E-state index >= 15 is 0 Å². The number of epoxide rings is 1. The molecule has 5 aliphatic carbocycles. The SMILES string of the molecule is C[C@@H]1O[C@@H](O[C@H]2[C@H](O[C@@H]3[C@@H](O)[C@H](O[C@H]4[C@H](O[C@H]5[C@H](O)C[C@]6(C)[C@H]7[C@@H]8O[C@@H]8[C@@]89OC(=O)[C@]%10(CC[C@@]8(C)[C@]7(C)CC[C@H]6C5(C)C)C[C@H](O)C(C)(C)C[C@H]%109)O[C@H](CO)[C@@H](O[C@@H]5OC[C@@H](O)[C@H](O)[C@H]5O)[C@@H]4O)OC[C@H]3O[C@@H]3OC[C@H](O)[C@H](O)[C@H]3O)O[C@H](CO)[C@@H](O)[C@@H]2O)[C@H](O)[C@H](O)[C@H]1O. The van der Waals surface area contributed by atoms with Crippen molar-refractivity contribution in [3.05, 3.63) is 0 Å². The van der Waals surface area contributed by atoms with E-state index in [1.54, 1.807) is 0 Å². The van der Waals surface area contributed by atoms with Crippen molar-refractivity contribution < 1.29 is 158 Å². The summed E-state index contributed by atoms with van der Waals surface area (Å²) in [4.78, 5) is 14.5. The molecular formula is C63H100O32. The van der Waals surface area contributed by atoms with E-state index in [0.29, 0.717) is 38.5 Å². The number of hydrogen-bond acceptors (Lipinski definition) is 32. The molecule has 32 heteroatoms. The lowest BCUT2D eigenvalue weighted by Crippen LogP contribution is -2.76. The minimum Gasteiger partial charge on any atom is -0.455 e. The highest BCUT2D eigenvalue weighted by molar-refractivity contribution is 5.82. The standard InChI is InChI=1S/C63H100O32/c1-21-31(70)35(74)39(78)53(85-21)93-44-36(75)34(73)25(16-64)86-54(44)91-43-27(88-50-37(76)32(71)23(67)18-82-50)20-84-52(41(43)80)92-45-40(79)42(90-51-38(77)33(72)24(68)19-83-51)26(17-65)87-55(45)94-48-22(66)13-59(6)28(58(48,4)5)9-10-60(7)47(59)46-49(89-46)63-29-14-57(2,3)30(69)15-62(29,56(81)95-63)12-11-61(60,63)8/h21-55,64-80H,9-20H2,1-8H3/t21-,22+,23-,24+,25+,26+,27+,28-,29+,30-,31-,32-,33-,34+,35+,36-,37+,38+,39+,40-,41+,42+,43-,44+,45+,46-,47+,48-,49-,50-,51-,52-,53-,54-,55-,59-,60+,61-,62+,63+/m0/s1. The maximum absolute atomic E-state index is 14.5. The van der Waals surface area contributed by atoms with Crippen LogP contribution in [0.3, 0.4) is 0 Å². The molecule has 32 nitrogen and oxygen atoms in total. The van der Waals surface area contributed by atoms with Crippen molar-refractivity contribution in [2.45, 2.75) is 302 Å². The average molecular weight is 1370 g/mol. The van der Waals surface area contributed by atoms with Gasteiger partial charge in [-0.3, -0.25) is 4.79 Å². The lowest BCUT2D eigenvalue weighted by atomic mass is 9.30. The zero-order valence-corrected chi connectivity index (χ0v) is 54.4. The number of ether oxygens (including phenoxy) is 14. The molecule has 5 saturated carbocycles. The van der Waals surface area contributed by atoms with Crippen molar-refractivity contribution in [1.29, 1.82) is 0 Å². The first kappa shape index (κ1) is 71.7. The molecule has 8 aliphatic heterocycles. The average Bonchev–Trinajstić information content (AvgIpc) is 1.48. The van der Waals surface area contributed by atoms with Crippen LogP contribution in [-0.4, -0.2) is 328 Å². The zero-order valence-electron chi connectivity index (χ0n) is 54.4. The van der Waals surface area contributed by atoms with E-state index in [-0.39, 0.29) is 36.2 Å². The third-order valence-corrected chi connectivity index (χ3v) is 25.8. The lowest BCUT2D eigenvalue weighted by Gasteiger charge is -2.73. The second kappa shape index (κ2) is 25.3. The Morgan fingerprint density at radius 3 is 1.68 bits per heavy atom.